The number of nitrogens with one attached hydrogen (secondary N) is 1. The molecular formula is C27H26N4O3. The van der Waals surface area contributed by atoms with Gasteiger partial charge in [-0.3, -0.25) is 9.67 Å². The number of hydrogen-bond donors (Lipinski definition) is 2. The van der Waals surface area contributed by atoms with Gasteiger partial charge in [0.2, 0.25) is 11.6 Å². The third kappa shape index (κ3) is 3.37. The first-order valence-corrected chi connectivity index (χ1v) is 11.1. The highest BCUT2D eigenvalue weighted by molar-refractivity contribution is 6.02. The van der Waals surface area contributed by atoms with Crippen LogP contribution in [-0.4, -0.2) is 27.0 Å². The van der Waals surface area contributed by atoms with Crippen molar-refractivity contribution in [2.45, 2.75) is 26.2 Å². The monoisotopic (exact) mass is 454 g/mol. The zero-order chi connectivity index (χ0) is 24.0. The molecule has 5 rings (SSSR count). The van der Waals surface area contributed by atoms with Crippen molar-refractivity contribution in [3.63, 3.8) is 0 Å². The molecule has 2 N–H and O–H groups in total. The summed E-state index contributed by atoms with van der Waals surface area (Å²) in [7, 11) is 1.63. The maximum atomic E-state index is 12.2. The van der Waals surface area contributed by atoms with Crippen LogP contribution in [0.1, 0.15) is 26.5 Å². The van der Waals surface area contributed by atoms with Crippen LogP contribution in [-0.2, 0) is 5.41 Å². The lowest BCUT2D eigenvalue weighted by Gasteiger charge is -2.18. The summed E-state index contributed by atoms with van der Waals surface area (Å²) in [6.45, 7) is 6.28. The molecule has 7 nitrogen and oxygen atoms in total. The van der Waals surface area contributed by atoms with Gasteiger partial charge in [-0.15, -0.1) is 0 Å². The first kappa shape index (κ1) is 21.6. The molecule has 0 spiro atoms. The van der Waals surface area contributed by atoms with E-state index >= 15 is 0 Å². The quantitative estimate of drug-likeness (QED) is 0.284. The number of para-hydroxylation sites is 1. The average molecular weight is 455 g/mol. The predicted molar refractivity (Wildman–Crippen MR) is 132 cm³/mol. The Morgan fingerprint density at radius 3 is 2.38 bits per heavy atom. The van der Waals surface area contributed by atoms with Crippen LogP contribution in [0.3, 0.4) is 0 Å². The van der Waals surface area contributed by atoms with E-state index in [1.165, 1.54) is 6.20 Å². The molecule has 0 radical (unpaired) electrons. The first-order chi connectivity index (χ1) is 16.3. The van der Waals surface area contributed by atoms with E-state index in [2.05, 4.69) is 31.0 Å². The Labute approximate surface area is 197 Å². The normalized spacial score (nSPS) is 11.8. The zero-order valence-corrected chi connectivity index (χ0v) is 19.5. The van der Waals surface area contributed by atoms with Crippen molar-refractivity contribution in [3.05, 3.63) is 83.8 Å². The molecule has 0 aliphatic rings. The van der Waals surface area contributed by atoms with E-state index in [9.17, 15) is 10.3 Å². The second-order valence-electron chi connectivity index (χ2n) is 9.24. The van der Waals surface area contributed by atoms with Gasteiger partial charge in [-0.1, -0.05) is 32.9 Å². The smallest absolute Gasteiger partial charge is 0.223 e. The largest absolute Gasteiger partial charge is 0.618 e. The van der Waals surface area contributed by atoms with Crippen molar-refractivity contribution in [2.24, 2.45) is 0 Å². The van der Waals surface area contributed by atoms with Gasteiger partial charge < -0.3 is 15.1 Å². The number of H-pyrrole nitrogens is 1. The second-order valence-corrected chi connectivity index (χ2v) is 9.24. The van der Waals surface area contributed by atoms with E-state index in [4.69, 9.17) is 4.74 Å². The Hall–Kier alpha value is -4.26. The van der Waals surface area contributed by atoms with E-state index in [0.717, 1.165) is 38.3 Å². The summed E-state index contributed by atoms with van der Waals surface area (Å²) in [4.78, 5) is 0. The Morgan fingerprint density at radius 1 is 1.00 bits per heavy atom. The summed E-state index contributed by atoms with van der Waals surface area (Å²) in [5.74, 6) is 0.753. The molecule has 0 bridgehead atoms. The number of hydrogen-bond acceptors (Lipinski definition) is 4. The second kappa shape index (κ2) is 7.95. The summed E-state index contributed by atoms with van der Waals surface area (Å²) in [6.07, 6.45) is 1.48. The van der Waals surface area contributed by atoms with Crippen LogP contribution in [0, 0.1) is 5.21 Å². The number of nitrogens with zero attached hydrogens (tertiary/aromatic N) is 3. The first-order valence-electron chi connectivity index (χ1n) is 11.1. The molecule has 3 aromatic heterocycles. The van der Waals surface area contributed by atoms with E-state index in [-0.39, 0.29) is 11.3 Å². The predicted octanol–water partition coefficient (Wildman–Crippen LogP) is 5.33. The minimum Gasteiger partial charge on any atom is -0.618 e. The zero-order valence-electron chi connectivity index (χ0n) is 19.5. The highest BCUT2D eigenvalue weighted by atomic mass is 16.5. The van der Waals surface area contributed by atoms with Gasteiger partial charge in [0, 0.05) is 34.4 Å². The molecule has 3 heterocycles. The van der Waals surface area contributed by atoms with Gasteiger partial charge in [0.15, 0.2) is 6.20 Å². The fourth-order valence-corrected chi connectivity index (χ4v) is 4.39. The fourth-order valence-electron chi connectivity index (χ4n) is 4.39. The van der Waals surface area contributed by atoms with Crippen molar-refractivity contribution in [1.29, 1.82) is 0 Å². The molecule has 0 aliphatic carbocycles. The number of ether oxygens (including phenoxy) is 1. The topological polar surface area (TPSA) is 90.0 Å². The van der Waals surface area contributed by atoms with Crippen molar-refractivity contribution in [1.82, 2.24) is 14.8 Å². The SMILES string of the molecule is COc1ccccc1-c1c2c(C(C)(C)C)n[nH]c2c(O)n1-c1ccc(-c2cccc[n+]2[O-])cc1. The summed E-state index contributed by atoms with van der Waals surface area (Å²) in [6, 6.07) is 20.6. The van der Waals surface area contributed by atoms with E-state index in [1.54, 1.807) is 23.8 Å². The maximum absolute atomic E-state index is 12.2. The molecule has 0 amide bonds. The Bertz CT molecular complexity index is 1490. The molecule has 0 atom stereocenters. The minimum absolute atomic E-state index is 0.0604. The third-order valence-corrected chi connectivity index (χ3v) is 5.98. The van der Waals surface area contributed by atoms with E-state index in [1.807, 2.05) is 54.6 Å². The Morgan fingerprint density at radius 2 is 1.71 bits per heavy atom. The molecule has 34 heavy (non-hydrogen) atoms. The van der Waals surface area contributed by atoms with Gasteiger partial charge in [0.1, 0.15) is 11.3 Å². The van der Waals surface area contributed by atoms with Crippen LogP contribution in [0.5, 0.6) is 11.6 Å². The average Bonchev–Trinajstić information content (AvgIpc) is 3.39. The molecule has 0 saturated heterocycles. The Kier molecular flexibility index (Phi) is 5.05. The van der Waals surface area contributed by atoms with Crippen LogP contribution in [0.2, 0.25) is 0 Å². The van der Waals surface area contributed by atoms with Crippen molar-refractivity contribution >= 4 is 10.9 Å². The molecule has 5 aromatic rings. The van der Waals surface area contributed by atoms with Gasteiger partial charge >= 0.3 is 0 Å². The van der Waals surface area contributed by atoms with Crippen molar-refractivity contribution < 1.29 is 14.6 Å². The van der Waals surface area contributed by atoms with E-state index < -0.39 is 0 Å². The standard InChI is InChI=1S/C27H26N4O3/c1-27(2,3)25-22-23(28-29-25)26(32)31(24(22)19-9-5-6-11-21(19)34-4)18-14-12-17(13-15-18)20-10-7-8-16-30(20)33/h5-16,28,32H,1-4H3. The summed E-state index contributed by atoms with van der Waals surface area (Å²) < 4.78 is 8.32. The molecule has 0 aliphatic heterocycles. The van der Waals surface area contributed by atoms with Gasteiger partial charge in [-0.2, -0.15) is 9.83 Å². The minimum atomic E-state index is -0.257. The van der Waals surface area contributed by atoms with Crippen LogP contribution >= 0.6 is 0 Å². The molecule has 0 unspecified atom stereocenters. The molecule has 7 heteroatoms. The maximum Gasteiger partial charge on any atom is 0.223 e. The third-order valence-electron chi connectivity index (χ3n) is 5.98. The number of aromatic hydroxyl groups is 1. The van der Waals surface area contributed by atoms with Crippen LogP contribution in [0.15, 0.2) is 72.9 Å². The summed E-state index contributed by atoms with van der Waals surface area (Å²) in [5.41, 5.74) is 4.88. The lowest BCUT2D eigenvalue weighted by molar-refractivity contribution is -0.593. The number of rotatable bonds is 4. The van der Waals surface area contributed by atoms with Crippen molar-refractivity contribution in [3.8, 4) is 39.8 Å². The number of aromatic nitrogens is 4. The van der Waals surface area contributed by atoms with Gasteiger partial charge in [-0.05, 0) is 42.5 Å². The van der Waals surface area contributed by atoms with Crippen LogP contribution in [0.25, 0.3) is 39.1 Å². The van der Waals surface area contributed by atoms with Gasteiger partial charge in [0.05, 0.1) is 23.9 Å². The Balaban J connectivity index is 1.79. The molecule has 172 valence electrons. The summed E-state index contributed by atoms with van der Waals surface area (Å²) in [5, 5.41) is 32.0. The summed E-state index contributed by atoms with van der Waals surface area (Å²) >= 11 is 0. The fraction of sp³-hybridized carbons (Fsp3) is 0.185. The van der Waals surface area contributed by atoms with Crippen molar-refractivity contribution in [2.75, 3.05) is 7.11 Å². The molecule has 0 saturated carbocycles. The van der Waals surface area contributed by atoms with Gasteiger partial charge in [-0.25, -0.2) is 0 Å². The lowest BCUT2D eigenvalue weighted by Crippen LogP contribution is -2.27. The molecule has 2 aromatic carbocycles. The van der Waals surface area contributed by atoms with Crippen LogP contribution < -0.4 is 9.47 Å². The number of benzene rings is 2. The lowest BCUT2D eigenvalue weighted by atomic mass is 9.89. The molecular weight excluding hydrogens is 428 g/mol. The van der Waals surface area contributed by atoms with E-state index in [0.29, 0.717) is 17.0 Å². The number of aromatic amines is 1. The number of pyridine rings is 1. The van der Waals surface area contributed by atoms with Crippen LogP contribution in [0.4, 0.5) is 0 Å². The number of methoxy groups -OCH3 is 1. The molecule has 0 fully saturated rings. The highest BCUT2D eigenvalue weighted by Gasteiger charge is 2.30. The van der Waals surface area contributed by atoms with Gasteiger partial charge in [0.25, 0.3) is 0 Å². The highest BCUT2D eigenvalue weighted by Crippen LogP contribution is 2.46. The number of fused-ring (bicyclic) bond motifs is 1.